The standard InChI is InChI=1S/C12H22N2O2/c1-6-8-13-9-7-10-14(5)11(15)16-12(2,3)4/h1,13H,7-10H2,2-5H3. The van der Waals surface area contributed by atoms with Crippen molar-refractivity contribution in [3.05, 3.63) is 0 Å². The van der Waals surface area contributed by atoms with Crippen LogP contribution in [-0.4, -0.2) is 43.3 Å². The lowest BCUT2D eigenvalue weighted by molar-refractivity contribution is 0.0297. The number of terminal acetylenes is 1. The third-order valence-corrected chi connectivity index (χ3v) is 1.78. The van der Waals surface area contributed by atoms with E-state index in [1.54, 1.807) is 11.9 Å². The number of hydrogen-bond acceptors (Lipinski definition) is 3. The second-order valence-electron chi connectivity index (χ2n) is 4.64. The average Bonchev–Trinajstić information content (AvgIpc) is 2.14. The molecule has 0 aliphatic rings. The molecule has 0 rings (SSSR count). The Kier molecular flexibility index (Phi) is 6.59. The minimum Gasteiger partial charge on any atom is -0.444 e. The molecule has 0 atom stereocenters. The van der Waals surface area contributed by atoms with E-state index in [9.17, 15) is 4.79 Å². The lowest BCUT2D eigenvalue weighted by atomic mass is 10.2. The molecular formula is C12H22N2O2. The largest absolute Gasteiger partial charge is 0.444 e. The molecule has 0 aromatic carbocycles. The van der Waals surface area contributed by atoms with Crippen LogP contribution in [0.1, 0.15) is 27.2 Å². The third-order valence-electron chi connectivity index (χ3n) is 1.78. The molecule has 0 spiro atoms. The minimum atomic E-state index is -0.437. The quantitative estimate of drug-likeness (QED) is 0.570. The summed E-state index contributed by atoms with van der Waals surface area (Å²) in [6.07, 6.45) is 5.66. The van der Waals surface area contributed by atoms with E-state index in [-0.39, 0.29) is 6.09 Å². The molecule has 0 heterocycles. The molecule has 1 amide bonds. The van der Waals surface area contributed by atoms with Gasteiger partial charge in [0.1, 0.15) is 5.60 Å². The Balaban J connectivity index is 3.68. The van der Waals surface area contributed by atoms with Gasteiger partial charge in [-0.25, -0.2) is 4.79 Å². The first-order valence-corrected chi connectivity index (χ1v) is 5.45. The van der Waals surface area contributed by atoms with E-state index in [0.717, 1.165) is 13.0 Å². The summed E-state index contributed by atoms with van der Waals surface area (Å²) in [5.41, 5.74) is -0.437. The number of amides is 1. The van der Waals surface area contributed by atoms with Gasteiger partial charge in [0.2, 0.25) is 0 Å². The van der Waals surface area contributed by atoms with Crippen LogP contribution in [0, 0.1) is 12.3 Å². The van der Waals surface area contributed by atoms with Crippen molar-refractivity contribution in [3.63, 3.8) is 0 Å². The van der Waals surface area contributed by atoms with Crippen molar-refractivity contribution in [2.75, 3.05) is 26.7 Å². The van der Waals surface area contributed by atoms with Crippen molar-refractivity contribution in [2.45, 2.75) is 32.8 Å². The van der Waals surface area contributed by atoms with Crippen LogP contribution >= 0.6 is 0 Å². The van der Waals surface area contributed by atoms with Crippen LogP contribution < -0.4 is 5.32 Å². The fraction of sp³-hybridized carbons (Fsp3) is 0.750. The van der Waals surface area contributed by atoms with Crippen molar-refractivity contribution in [2.24, 2.45) is 0 Å². The summed E-state index contributed by atoms with van der Waals surface area (Å²) in [6.45, 7) is 7.59. The first kappa shape index (κ1) is 14.8. The summed E-state index contributed by atoms with van der Waals surface area (Å²) in [5, 5.41) is 3.06. The lowest BCUT2D eigenvalue weighted by Crippen LogP contribution is -2.35. The normalized spacial score (nSPS) is 10.7. The predicted molar refractivity (Wildman–Crippen MR) is 65.2 cm³/mol. The van der Waals surface area contributed by atoms with Gasteiger partial charge in [-0.05, 0) is 33.7 Å². The van der Waals surface area contributed by atoms with Crippen molar-refractivity contribution >= 4 is 6.09 Å². The maximum atomic E-state index is 11.5. The second kappa shape index (κ2) is 7.13. The van der Waals surface area contributed by atoms with E-state index in [4.69, 9.17) is 11.2 Å². The van der Waals surface area contributed by atoms with Crippen LogP contribution in [0.4, 0.5) is 4.79 Å². The summed E-state index contributed by atoms with van der Waals surface area (Å²) in [7, 11) is 1.73. The van der Waals surface area contributed by atoms with Crippen LogP contribution in [0.2, 0.25) is 0 Å². The Hall–Kier alpha value is -1.21. The number of hydrogen-bond donors (Lipinski definition) is 1. The zero-order chi connectivity index (χ0) is 12.6. The SMILES string of the molecule is C#CCNCCCN(C)C(=O)OC(C)(C)C. The van der Waals surface area contributed by atoms with E-state index in [1.807, 2.05) is 20.8 Å². The van der Waals surface area contributed by atoms with Gasteiger partial charge >= 0.3 is 6.09 Å². The average molecular weight is 226 g/mol. The van der Waals surface area contributed by atoms with Crippen molar-refractivity contribution in [1.29, 1.82) is 0 Å². The summed E-state index contributed by atoms with van der Waals surface area (Å²) in [4.78, 5) is 13.1. The monoisotopic (exact) mass is 226 g/mol. The molecule has 0 bridgehead atoms. The number of carbonyl (C=O) groups is 1. The number of ether oxygens (including phenoxy) is 1. The van der Waals surface area contributed by atoms with Crippen LogP contribution in [0.5, 0.6) is 0 Å². The van der Waals surface area contributed by atoms with E-state index in [0.29, 0.717) is 13.1 Å². The Morgan fingerprint density at radius 2 is 2.12 bits per heavy atom. The van der Waals surface area contributed by atoms with Crippen LogP contribution in [0.15, 0.2) is 0 Å². The van der Waals surface area contributed by atoms with E-state index in [1.165, 1.54) is 0 Å². The first-order valence-electron chi connectivity index (χ1n) is 5.45. The van der Waals surface area contributed by atoms with Gasteiger partial charge in [-0.2, -0.15) is 0 Å². The Labute approximate surface area is 98.3 Å². The van der Waals surface area contributed by atoms with Gasteiger partial charge in [0, 0.05) is 13.6 Å². The van der Waals surface area contributed by atoms with Gasteiger partial charge < -0.3 is 15.0 Å². The number of nitrogens with zero attached hydrogens (tertiary/aromatic N) is 1. The molecule has 0 unspecified atom stereocenters. The summed E-state index contributed by atoms with van der Waals surface area (Å²) < 4.78 is 5.21. The summed E-state index contributed by atoms with van der Waals surface area (Å²) in [6, 6.07) is 0. The topological polar surface area (TPSA) is 41.6 Å². The number of nitrogens with one attached hydrogen (secondary N) is 1. The fourth-order valence-corrected chi connectivity index (χ4v) is 1.03. The molecule has 0 aromatic heterocycles. The van der Waals surface area contributed by atoms with E-state index < -0.39 is 5.60 Å². The highest BCUT2D eigenvalue weighted by molar-refractivity contribution is 5.67. The highest BCUT2D eigenvalue weighted by atomic mass is 16.6. The number of carbonyl (C=O) groups excluding carboxylic acids is 1. The Bertz CT molecular complexity index is 251. The zero-order valence-corrected chi connectivity index (χ0v) is 10.7. The molecule has 0 aromatic rings. The molecule has 0 saturated heterocycles. The summed E-state index contributed by atoms with van der Waals surface area (Å²) in [5.74, 6) is 2.49. The maximum absolute atomic E-state index is 11.5. The van der Waals surface area contributed by atoms with Gasteiger partial charge in [0.05, 0.1) is 6.54 Å². The third kappa shape index (κ3) is 8.13. The van der Waals surface area contributed by atoms with Crippen LogP contribution in [0.25, 0.3) is 0 Å². The molecule has 0 aliphatic carbocycles. The van der Waals surface area contributed by atoms with Crippen LogP contribution in [0.3, 0.4) is 0 Å². The van der Waals surface area contributed by atoms with E-state index in [2.05, 4.69) is 11.2 Å². The molecule has 0 radical (unpaired) electrons. The van der Waals surface area contributed by atoms with Crippen LogP contribution in [-0.2, 0) is 4.74 Å². The highest BCUT2D eigenvalue weighted by Crippen LogP contribution is 2.08. The maximum Gasteiger partial charge on any atom is 0.410 e. The molecule has 0 aliphatic heterocycles. The minimum absolute atomic E-state index is 0.288. The molecular weight excluding hydrogens is 204 g/mol. The molecule has 4 nitrogen and oxygen atoms in total. The summed E-state index contributed by atoms with van der Waals surface area (Å²) >= 11 is 0. The van der Waals surface area contributed by atoms with E-state index >= 15 is 0 Å². The van der Waals surface area contributed by atoms with Gasteiger partial charge in [-0.15, -0.1) is 6.42 Å². The molecule has 92 valence electrons. The lowest BCUT2D eigenvalue weighted by Gasteiger charge is -2.24. The second-order valence-corrected chi connectivity index (χ2v) is 4.64. The molecule has 0 fully saturated rings. The zero-order valence-electron chi connectivity index (χ0n) is 10.7. The van der Waals surface area contributed by atoms with Gasteiger partial charge in [0.15, 0.2) is 0 Å². The highest BCUT2D eigenvalue weighted by Gasteiger charge is 2.18. The smallest absolute Gasteiger partial charge is 0.410 e. The fourth-order valence-electron chi connectivity index (χ4n) is 1.03. The first-order chi connectivity index (χ1) is 7.37. The number of rotatable bonds is 5. The molecule has 16 heavy (non-hydrogen) atoms. The molecule has 1 N–H and O–H groups in total. The van der Waals surface area contributed by atoms with Gasteiger partial charge in [-0.1, -0.05) is 5.92 Å². The van der Waals surface area contributed by atoms with Crippen molar-refractivity contribution in [3.8, 4) is 12.3 Å². The Morgan fingerprint density at radius 1 is 1.50 bits per heavy atom. The van der Waals surface area contributed by atoms with Gasteiger partial charge in [0.25, 0.3) is 0 Å². The van der Waals surface area contributed by atoms with Crippen molar-refractivity contribution in [1.82, 2.24) is 10.2 Å². The molecule has 0 saturated carbocycles. The predicted octanol–water partition coefficient (Wildman–Crippen LogP) is 1.47. The molecule has 4 heteroatoms. The Morgan fingerprint density at radius 3 is 2.62 bits per heavy atom. The van der Waals surface area contributed by atoms with Gasteiger partial charge in [-0.3, -0.25) is 0 Å². The van der Waals surface area contributed by atoms with Crippen molar-refractivity contribution < 1.29 is 9.53 Å².